The van der Waals surface area contributed by atoms with Crippen LogP contribution in [-0.2, 0) is 4.79 Å². The van der Waals surface area contributed by atoms with Crippen molar-refractivity contribution in [3.8, 4) is 5.75 Å². The zero-order chi connectivity index (χ0) is 15.1. The molecule has 0 bridgehead atoms. The Morgan fingerprint density at radius 1 is 1.29 bits per heavy atom. The summed E-state index contributed by atoms with van der Waals surface area (Å²) in [4.78, 5) is 13.9. The Morgan fingerprint density at radius 3 is 2.57 bits per heavy atom. The van der Waals surface area contributed by atoms with Crippen molar-refractivity contribution in [3.05, 3.63) is 24.3 Å². The van der Waals surface area contributed by atoms with Crippen LogP contribution in [0.5, 0.6) is 5.75 Å². The van der Waals surface area contributed by atoms with Crippen LogP contribution in [0.15, 0.2) is 24.3 Å². The summed E-state index contributed by atoms with van der Waals surface area (Å²) in [7, 11) is 0. The molecule has 21 heavy (non-hydrogen) atoms. The highest BCUT2D eigenvalue weighted by atomic mass is 16.5. The lowest BCUT2D eigenvalue weighted by Crippen LogP contribution is -2.43. The fraction of sp³-hybridized carbons (Fsp3) is 0.562. The summed E-state index contributed by atoms with van der Waals surface area (Å²) in [6, 6.07) is 8.27. The molecule has 1 aliphatic rings. The van der Waals surface area contributed by atoms with Gasteiger partial charge in [-0.25, -0.2) is 0 Å². The van der Waals surface area contributed by atoms with Crippen LogP contribution in [0, 0.1) is 0 Å². The van der Waals surface area contributed by atoms with Crippen LogP contribution in [-0.4, -0.2) is 44.7 Å². The molecule has 5 heteroatoms. The Morgan fingerprint density at radius 2 is 1.95 bits per heavy atom. The number of hydrogen-bond donors (Lipinski definition) is 2. The van der Waals surface area contributed by atoms with Crippen LogP contribution in [0.4, 0.5) is 5.69 Å². The maximum Gasteiger partial charge on any atom is 0.223 e. The molecule has 0 radical (unpaired) electrons. The van der Waals surface area contributed by atoms with E-state index >= 15 is 0 Å². The molecule has 1 aromatic carbocycles. The highest BCUT2D eigenvalue weighted by Crippen LogP contribution is 2.19. The fourth-order valence-electron chi connectivity index (χ4n) is 2.33. The van der Waals surface area contributed by atoms with Crippen molar-refractivity contribution >= 4 is 11.6 Å². The first-order valence-corrected chi connectivity index (χ1v) is 7.63. The molecule has 1 saturated heterocycles. The van der Waals surface area contributed by atoms with E-state index in [1.807, 2.05) is 26.0 Å². The van der Waals surface area contributed by atoms with Gasteiger partial charge in [0.2, 0.25) is 5.91 Å². The number of rotatable bonds is 6. The molecule has 2 rings (SSSR count). The van der Waals surface area contributed by atoms with Gasteiger partial charge < -0.3 is 20.3 Å². The van der Waals surface area contributed by atoms with Crippen molar-refractivity contribution in [2.24, 2.45) is 0 Å². The molecule has 0 unspecified atom stereocenters. The first-order valence-electron chi connectivity index (χ1n) is 7.63. The normalized spacial score (nSPS) is 15.1. The molecular formula is C16H25N3O2. The molecule has 0 atom stereocenters. The summed E-state index contributed by atoms with van der Waals surface area (Å²) in [6.45, 7) is 8.45. The Hall–Kier alpha value is -1.75. The van der Waals surface area contributed by atoms with Crippen molar-refractivity contribution < 1.29 is 9.53 Å². The van der Waals surface area contributed by atoms with Gasteiger partial charge in [-0.1, -0.05) is 0 Å². The first-order chi connectivity index (χ1) is 10.1. The van der Waals surface area contributed by atoms with E-state index in [0.29, 0.717) is 13.0 Å². The van der Waals surface area contributed by atoms with E-state index in [1.54, 1.807) is 0 Å². The second kappa shape index (κ2) is 7.88. The number of carbonyl (C=O) groups is 1. The zero-order valence-electron chi connectivity index (χ0n) is 12.9. The van der Waals surface area contributed by atoms with Gasteiger partial charge in [-0.3, -0.25) is 4.79 Å². The standard InChI is InChI=1S/C16H25N3O2/c1-13(2)18-16(20)7-12-21-15-5-3-14(4-6-15)19-10-8-17-9-11-19/h3-6,13,17H,7-12H2,1-2H3,(H,18,20). The fourth-order valence-corrected chi connectivity index (χ4v) is 2.33. The lowest BCUT2D eigenvalue weighted by atomic mass is 10.2. The van der Waals surface area contributed by atoms with Crippen molar-refractivity contribution in [2.75, 3.05) is 37.7 Å². The van der Waals surface area contributed by atoms with Gasteiger partial charge in [-0.15, -0.1) is 0 Å². The van der Waals surface area contributed by atoms with Crippen LogP contribution in [0.25, 0.3) is 0 Å². The number of nitrogens with one attached hydrogen (secondary N) is 2. The minimum atomic E-state index is 0.0300. The van der Waals surface area contributed by atoms with Crippen LogP contribution >= 0.6 is 0 Å². The Kier molecular flexibility index (Phi) is 5.87. The lowest BCUT2D eigenvalue weighted by molar-refractivity contribution is -0.122. The molecule has 1 aliphatic heterocycles. The second-order valence-corrected chi connectivity index (χ2v) is 5.55. The number of piperazine rings is 1. The van der Waals surface area contributed by atoms with Crippen LogP contribution in [0.2, 0.25) is 0 Å². The summed E-state index contributed by atoms with van der Waals surface area (Å²) in [5.74, 6) is 0.841. The third-order valence-corrected chi connectivity index (χ3v) is 3.37. The molecule has 1 heterocycles. The first kappa shape index (κ1) is 15.6. The largest absolute Gasteiger partial charge is 0.493 e. The maximum absolute atomic E-state index is 11.5. The van der Waals surface area contributed by atoms with Gasteiger partial charge in [0.15, 0.2) is 0 Å². The third kappa shape index (κ3) is 5.27. The Balaban J connectivity index is 1.75. The summed E-state index contributed by atoms with van der Waals surface area (Å²) >= 11 is 0. The van der Waals surface area contributed by atoms with Gasteiger partial charge in [0, 0.05) is 37.9 Å². The Bertz CT molecular complexity index is 439. The number of hydrogen-bond acceptors (Lipinski definition) is 4. The van der Waals surface area contributed by atoms with E-state index in [9.17, 15) is 4.79 Å². The highest BCUT2D eigenvalue weighted by Gasteiger charge is 2.10. The molecule has 5 nitrogen and oxygen atoms in total. The van der Waals surface area contributed by atoms with Crippen molar-refractivity contribution in [2.45, 2.75) is 26.3 Å². The number of benzene rings is 1. The van der Waals surface area contributed by atoms with Gasteiger partial charge in [-0.2, -0.15) is 0 Å². The van der Waals surface area contributed by atoms with E-state index in [2.05, 4.69) is 27.7 Å². The number of ether oxygens (including phenoxy) is 1. The highest BCUT2D eigenvalue weighted by molar-refractivity contribution is 5.76. The van der Waals surface area contributed by atoms with Crippen molar-refractivity contribution in [3.63, 3.8) is 0 Å². The average molecular weight is 291 g/mol. The van der Waals surface area contributed by atoms with Gasteiger partial charge in [0.1, 0.15) is 5.75 Å². The summed E-state index contributed by atoms with van der Waals surface area (Å²) < 4.78 is 5.61. The van der Waals surface area contributed by atoms with Crippen LogP contribution < -0.4 is 20.3 Å². The molecule has 0 saturated carbocycles. The molecule has 1 amide bonds. The molecule has 0 spiro atoms. The average Bonchev–Trinajstić information content (AvgIpc) is 2.48. The molecule has 1 aromatic rings. The molecule has 1 fully saturated rings. The van der Waals surface area contributed by atoms with E-state index < -0.39 is 0 Å². The lowest BCUT2D eigenvalue weighted by Gasteiger charge is -2.29. The SMILES string of the molecule is CC(C)NC(=O)CCOc1ccc(N2CCNCC2)cc1. The van der Waals surface area contributed by atoms with Gasteiger partial charge in [-0.05, 0) is 38.1 Å². The number of anilines is 1. The third-order valence-electron chi connectivity index (χ3n) is 3.37. The van der Waals surface area contributed by atoms with Crippen molar-refractivity contribution in [1.82, 2.24) is 10.6 Å². The van der Waals surface area contributed by atoms with Crippen molar-refractivity contribution in [1.29, 1.82) is 0 Å². The Labute approximate surface area is 126 Å². The second-order valence-electron chi connectivity index (χ2n) is 5.55. The van der Waals surface area contributed by atoms with Crippen LogP contribution in [0.3, 0.4) is 0 Å². The van der Waals surface area contributed by atoms with Gasteiger partial charge in [0.25, 0.3) is 0 Å². The quantitative estimate of drug-likeness (QED) is 0.831. The number of carbonyl (C=O) groups excluding carboxylic acids is 1. The smallest absolute Gasteiger partial charge is 0.223 e. The van der Waals surface area contributed by atoms with E-state index in [-0.39, 0.29) is 11.9 Å². The topological polar surface area (TPSA) is 53.6 Å². The van der Waals surface area contributed by atoms with E-state index in [4.69, 9.17) is 4.74 Å². The number of nitrogens with zero attached hydrogens (tertiary/aromatic N) is 1. The minimum Gasteiger partial charge on any atom is -0.493 e. The van der Waals surface area contributed by atoms with E-state index in [0.717, 1.165) is 31.9 Å². The van der Waals surface area contributed by atoms with Gasteiger partial charge >= 0.3 is 0 Å². The number of amides is 1. The molecule has 116 valence electrons. The summed E-state index contributed by atoms with van der Waals surface area (Å²) in [5, 5.41) is 6.19. The zero-order valence-corrected chi connectivity index (χ0v) is 12.9. The molecule has 0 aromatic heterocycles. The minimum absolute atomic E-state index is 0.0300. The predicted octanol–water partition coefficient (Wildman–Crippen LogP) is 1.39. The maximum atomic E-state index is 11.5. The van der Waals surface area contributed by atoms with E-state index in [1.165, 1.54) is 5.69 Å². The molecular weight excluding hydrogens is 266 g/mol. The summed E-state index contributed by atoms with van der Waals surface area (Å²) in [6.07, 6.45) is 0.387. The molecule has 2 N–H and O–H groups in total. The van der Waals surface area contributed by atoms with Crippen LogP contribution in [0.1, 0.15) is 20.3 Å². The predicted molar refractivity (Wildman–Crippen MR) is 84.9 cm³/mol. The monoisotopic (exact) mass is 291 g/mol. The van der Waals surface area contributed by atoms with Gasteiger partial charge in [0.05, 0.1) is 13.0 Å². The summed E-state index contributed by atoms with van der Waals surface area (Å²) in [5.41, 5.74) is 1.22. The molecule has 0 aliphatic carbocycles.